The molecule has 0 saturated carbocycles. The number of methoxy groups -OCH3 is 1. The van der Waals surface area contributed by atoms with E-state index in [4.69, 9.17) is 9.47 Å². The van der Waals surface area contributed by atoms with Crippen molar-refractivity contribution in [1.82, 2.24) is 19.5 Å². The van der Waals surface area contributed by atoms with Gasteiger partial charge >= 0.3 is 0 Å². The van der Waals surface area contributed by atoms with E-state index >= 15 is 0 Å². The van der Waals surface area contributed by atoms with Crippen LogP contribution in [0.3, 0.4) is 0 Å². The predicted molar refractivity (Wildman–Crippen MR) is 86.6 cm³/mol. The van der Waals surface area contributed by atoms with Crippen LogP contribution in [-0.4, -0.2) is 33.2 Å². The van der Waals surface area contributed by atoms with E-state index in [-0.39, 0.29) is 0 Å². The molecular weight excluding hydrogens is 294 g/mol. The van der Waals surface area contributed by atoms with Crippen LogP contribution < -0.4 is 14.8 Å². The molecule has 0 aliphatic carbocycles. The van der Waals surface area contributed by atoms with Gasteiger partial charge in [-0.15, -0.1) is 0 Å². The number of anilines is 2. The van der Waals surface area contributed by atoms with Crippen molar-refractivity contribution < 1.29 is 9.47 Å². The lowest BCUT2D eigenvalue weighted by Crippen LogP contribution is -2.00. The zero-order valence-corrected chi connectivity index (χ0v) is 12.9. The van der Waals surface area contributed by atoms with Gasteiger partial charge in [-0.25, -0.2) is 15.0 Å². The molecule has 3 aromatic rings. The van der Waals surface area contributed by atoms with Crippen molar-refractivity contribution in [1.29, 1.82) is 0 Å². The van der Waals surface area contributed by atoms with Gasteiger partial charge in [0, 0.05) is 30.2 Å². The fourth-order valence-electron chi connectivity index (χ4n) is 2.12. The molecule has 0 aliphatic rings. The third-order valence-corrected chi connectivity index (χ3v) is 3.16. The van der Waals surface area contributed by atoms with Gasteiger partial charge in [0.25, 0.3) is 0 Å². The van der Waals surface area contributed by atoms with Crippen LogP contribution >= 0.6 is 0 Å². The summed E-state index contributed by atoms with van der Waals surface area (Å²) in [7, 11) is 1.61. The highest BCUT2D eigenvalue weighted by Crippen LogP contribution is 2.31. The molecule has 1 aromatic carbocycles. The fourth-order valence-corrected chi connectivity index (χ4v) is 2.12. The number of benzene rings is 1. The Morgan fingerprint density at radius 1 is 1.17 bits per heavy atom. The Bertz CT molecular complexity index is 774. The van der Waals surface area contributed by atoms with Crippen LogP contribution in [0.1, 0.15) is 6.92 Å². The van der Waals surface area contributed by atoms with Gasteiger partial charge in [-0.2, -0.15) is 0 Å². The average molecular weight is 311 g/mol. The first kappa shape index (κ1) is 14.8. The van der Waals surface area contributed by atoms with Gasteiger partial charge in [0.1, 0.15) is 24.3 Å². The van der Waals surface area contributed by atoms with E-state index < -0.39 is 0 Å². The van der Waals surface area contributed by atoms with Crippen LogP contribution in [0.4, 0.5) is 11.5 Å². The van der Waals surface area contributed by atoms with Gasteiger partial charge in [0.15, 0.2) is 11.5 Å². The van der Waals surface area contributed by atoms with Gasteiger partial charge in [-0.3, -0.25) is 4.57 Å². The first-order valence-electron chi connectivity index (χ1n) is 7.18. The van der Waals surface area contributed by atoms with Crippen molar-refractivity contribution in [3.8, 4) is 17.3 Å². The second kappa shape index (κ2) is 6.78. The lowest BCUT2D eigenvalue weighted by molar-refractivity contribution is 0.311. The van der Waals surface area contributed by atoms with Gasteiger partial charge < -0.3 is 14.8 Å². The van der Waals surface area contributed by atoms with E-state index in [0.717, 1.165) is 11.5 Å². The molecule has 2 heterocycles. The predicted octanol–water partition coefficient (Wildman–Crippen LogP) is 2.81. The quantitative estimate of drug-likeness (QED) is 0.754. The second-order valence-electron chi connectivity index (χ2n) is 4.66. The number of ether oxygens (including phenoxy) is 2. The molecule has 1 N–H and O–H groups in total. The summed E-state index contributed by atoms with van der Waals surface area (Å²) in [6.45, 7) is 2.52. The van der Waals surface area contributed by atoms with Crippen LogP contribution in [0.25, 0.3) is 5.82 Å². The zero-order chi connectivity index (χ0) is 16.1. The smallest absolute Gasteiger partial charge is 0.162 e. The molecule has 2 aromatic heterocycles. The maximum Gasteiger partial charge on any atom is 0.162 e. The van der Waals surface area contributed by atoms with E-state index in [0.29, 0.717) is 23.9 Å². The maximum atomic E-state index is 5.51. The van der Waals surface area contributed by atoms with Crippen molar-refractivity contribution in [2.75, 3.05) is 19.0 Å². The Labute approximate surface area is 133 Å². The van der Waals surface area contributed by atoms with Gasteiger partial charge in [-0.1, -0.05) is 0 Å². The van der Waals surface area contributed by atoms with E-state index in [1.807, 2.05) is 42.0 Å². The van der Waals surface area contributed by atoms with Crippen molar-refractivity contribution >= 4 is 11.5 Å². The maximum absolute atomic E-state index is 5.51. The number of aromatic nitrogens is 4. The van der Waals surface area contributed by atoms with E-state index in [1.54, 1.807) is 19.6 Å². The summed E-state index contributed by atoms with van der Waals surface area (Å²) in [4.78, 5) is 12.5. The lowest BCUT2D eigenvalue weighted by Gasteiger charge is -2.12. The Hall–Kier alpha value is -3.09. The van der Waals surface area contributed by atoms with Crippen molar-refractivity contribution in [3.63, 3.8) is 0 Å². The highest BCUT2D eigenvalue weighted by atomic mass is 16.5. The summed E-state index contributed by atoms with van der Waals surface area (Å²) in [5.41, 5.74) is 0.848. The largest absolute Gasteiger partial charge is 0.493 e. The highest BCUT2D eigenvalue weighted by molar-refractivity contribution is 5.62. The molecule has 0 amide bonds. The molecule has 7 nitrogen and oxygen atoms in total. The molecule has 0 fully saturated rings. The van der Waals surface area contributed by atoms with E-state index in [2.05, 4.69) is 20.3 Å². The number of rotatable bonds is 6. The molecule has 0 radical (unpaired) electrons. The molecular formula is C16H17N5O2. The Balaban J connectivity index is 1.83. The molecule has 0 atom stereocenters. The SMILES string of the molecule is CCOc1ccc(Nc2cc(-n3ccnc3)ncn2)cc1OC. The number of nitrogens with one attached hydrogen (secondary N) is 1. The molecule has 0 unspecified atom stereocenters. The molecule has 0 saturated heterocycles. The summed E-state index contributed by atoms with van der Waals surface area (Å²) in [5, 5.41) is 3.23. The number of nitrogens with zero attached hydrogens (tertiary/aromatic N) is 4. The minimum absolute atomic E-state index is 0.587. The molecule has 0 aliphatic heterocycles. The zero-order valence-electron chi connectivity index (χ0n) is 12.9. The Morgan fingerprint density at radius 3 is 2.83 bits per heavy atom. The van der Waals surface area contributed by atoms with Gasteiger partial charge in [0.05, 0.1) is 13.7 Å². The molecule has 23 heavy (non-hydrogen) atoms. The molecule has 0 bridgehead atoms. The third-order valence-electron chi connectivity index (χ3n) is 3.16. The summed E-state index contributed by atoms with van der Waals surface area (Å²) in [6, 6.07) is 7.48. The fraction of sp³-hybridized carbons (Fsp3) is 0.188. The van der Waals surface area contributed by atoms with Gasteiger partial charge in [-0.05, 0) is 19.1 Å². The second-order valence-corrected chi connectivity index (χ2v) is 4.66. The average Bonchev–Trinajstić information content (AvgIpc) is 3.11. The van der Waals surface area contributed by atoms with Gasteiger partial charge in [0.2, 0.25) is 0 Å². The third kappa shape index (κ3) is 3.39. The van der Waals surface area contributed by atoms with Crippen LogP contribution in [0, 0.1) is 0 Å². The minimum atomic E-state index is 0.587. The summed E-state index contributed by atoms with van der Waals surface area (Å²) >= 11 is 0. The van der Waals surface area contributed by atoms with Crippen LogP contribution in [0.2, 0.25) is 0 Å². The standard InChI is InChI=1S/C16H17N5O2/c1-3-23-13-5-4-12(8-14(13)22-2)20-15-9-16(19-10-18-15)21-7-6-17-11-21/h4-11H,3H2,1-2H3,(H,18,19,20). The van der Waals surface area contributed by atoms with Crippen molar-refractivity contribution in [2.24, 2.45) is 0 Å². The Kier molecular flexibility index (Phi) is 4.37. The van der Waals surface area contributed by atoms with Crippen molar-refractivity contribution in [2.45, 2.75) is 6.92 Å². The van der Waals surface area contributed by atoms with Crippen LogP contribution in [-0.2, 0) is 0 Å². The van der Waals surface area contributed by atoms with Crippen LogP contribution in [0.15, 0.2) is 49.3 Å². The summed E-state index contributed by atoms with van der Waals surface area (Å²) < 4.78 is 12.7. The summed E-state index contributed by atoms with van der Waals surface area (Å²) in [5.74, 6) is 2.79. The Morgan fingerprint density at radius 2 is 2.09 bits per heavy atom. The number of imidazole rings is 1. The molecule has 7 heteroatoms. The number of hydrogen-bond acceptors (Lipinski definition) is 6. The number of hydrogen-bond donors (Lipinski definition) is 1. The lowest BCUT2D eigenvalue weighted by atomic mass is 10.2. The first-order valence-corrected chi connectivity index (χ1v) is 7.18. The van der Waals surface area contributed by atoms with Crippen LogP contribution in [0.5, 0.6) is 11.5 Å². The topological polar surface area (TPSA) is 74.1 Å². The highest BCUT2D eigenvalue weighted by Gasteiger charge is 2.07. The molecule has 118 valence electrons. The van der Waals surface area contributed by atoms with E-state index in [1.165, 1.54) is 6.33 Å². The summed E-state index contributed by atoms with van der Waals surface area (Å²) in [6.07, 6.45) is 6.72. The molecule has 3 rings (SSSR count). The monoisotopic (exact) mass is 311 g/mol. The normalized spacial score (nSPS) is 10.3. The minimum Gasteiger partial charge on any atom is -0.493 e. The van der Waals surface area contributed by atoms with E-state index in [9.17, 15) is 0 Å². The first-order chi connectivity index (χ1) is 11.3. The molecule has 0 spiro atoms. The van der Waals surface area contributed by atoms with Crippen molar-refractivity contribution in [3.05, 3.63) is 49.3 Å².